The number of alkyl carbamates (subject to hydrolysis) is 2. The van der Waals surface area contributed by atoms with Gasteiger partial charge in [-0.2, -0.15) is 13.2 Å². The van der Waals surface area contributed by atoms with Gasteiger partial charge in [0.15, 0.2) is 0 Å². The fourth-order valence-electron chi connectivity index (χ4n) is 5.31. The van der Waals surface area contributed by atoms with Crippen LogP contribution in [-0.4, -0.2) is 119 Å². The van der Waals surface area contributed by atoms with Crippen LogP contribution in [-0.2, 0) is 32.2 Å². The number of carbonyl (C=O) groups is 4. The minimum atomic E-state index is -4.46. The van der Waals surface area contributed by atoms with Crippen molar-refractivity contribution in [3.05, 3.63) is 72.6 Å². The number of aromatic amines is 2. The van der Waals surface area contributed by atoms with Crippen LogP contribution in [0.15, 0.2) is 60.9 Å². The first-order valence-corrected chi connectivity index (χ1v) is 16.5. The number of H-pyrrole nitrogens is 2. The molecular weight excluding hydrogens is 699 g/mol. The van der Waals surface area contributed by atoms with E-state index < -0.39 is 37.4 Å². The van der Waals surface area contributed by atoms with E-state index in [9.17, 15) is 32.3 Å². The van der Waals surface area contributed by atoms with E-state index in [0.29, 0.717) is 23.9 Å². The third-order valence-corrected chi connectivity index (χ3v) is 7.86. The number of amides is 4. The number of imidazole rings is 2. The van der Waals surface area contributed by atoms with E-state index in [1.165, 1.54) is 14.2 Å². The summed E-state index contributed by atoms with van der Waals surface area (Å²) in [6.45, 7) is 0.336. The van der Waals surface area contributed by atoms with Gasteiger partial charge in [-0.05, 0) is 35.7 Å². The molecule has 0 aliphatic rings. The minimum Gasteiger partial charge on any atom is -0.453 e. The molecule has 0 aliphatic carbocycles. The maximum Gasteiger partial charge on any atom is 0.407 e. The van der Waals surface area contributed by atoms with Gasteiger partial charge in [0.2, 0.25) is 11.8 Å². The first kappa shape index (κ1) is 39.9. The van der Waals surface area contributed by atoms with Gasteiger partial charge in [-0.15, -0.1) is 0 Å². The van der Waals surface area contributed by atoms with Gasteiger partial charge in [-0.25, -0.2) is 19.6 Å². The second kappa shape index (κ2) is 18.5. The van der Waals surface area contributed by atoms with Gasteiger partial charge in [0.1, 0.15) is 24.7 Å². The summed E-state index contributed by atoms with van der Waals surface area (Å²) in [4.78, 5) is 67.2. The molecule has 0 fully saturated rings. The van der Waals surface area contributed by atoms with Gasteiger partial charge in [0.05, 0.1) is 64.3 Å². The number of aromatic nitrogens is 4. The zero-order chi connectivity index (χ0) is 38.5. The van der Waals surface area contributed by atoms with Gasteiger partial charge < -0.3 is 39.9 Å². The Hall–Kier alpha value is -5.91. The van der Waals surface area contributed by atoms with Crippen molar-refractivity contribution in [2.24, 2.45) is 0 Å². The Kier molecular flexibility index (Phi) is 13.9. The Bertz CT molecular complexity index is 1830. The van der Waals surface area contributed by atoms with E-state index >= 15 is 0 Å². The minimum absolute atomic E-state index is 0.129. The zero-order valence-electron chi connectivity index (χ0n) is 29.7. The second-order valence-corrected chi connectivity index (χ2v) is 12.0. The van der Waals surface area contributed by atoms with E-state index in [2.05, 4.69) is 40.0 Å². The van der Waals surface area contributed by atoms with Gasteiger partial charge in [0, 0.05) is 6.54 Å². The zero-order valence-corrected chi connectivity index (χ0v) is 29.7. The number of methoxy groups -OCH3 is 2. The van der Waals surface area contributed by atoms with Crippen LogP contribution in [0.2, 0.25) is 0 Å². The average molecular weight is 742 g/mol. The Morgan fingerprint density at radius 1 is 0.717 bits per heavy atom. The molecule has 2 heterocycles. The van der Waals surface area contributed by atoms with Crippen molar-refractivity contribution in [1.29, 1.82) is 0 Å². The number of alkyl halides is 3. The molecule has 0 aliphatic heterocycles. The lowest BCUT2D eigenvalue weighted by Crippen LogP contribution is -2.46. The number of benzene rings is 2. The molecule has 4 N–H and O–H groups in total. The molecule has 0 saturated carbocycles. The van der Waals surface area contributed by atoms with Gasteiger partial charge in [-0.3, -0.25) is 14.5 Å². The van der Waals surface area contributed by atoms with Crippen LogP contribution in [0.25, 0.3) is 33.6 Å². The third kappa shape index (κ3) is 12.1. The SMILES string of the molecule is CCCN(Cc1ncc(-c2ccc(-c3ccc(-c4cnc(CN(CN(C)CC(F)(F)F)C(=O)CNC(=O)OC)[nH]4)cc3)cc2)[nH]1)C(=O)CNC(=O)OC. The lowest BCUT2D eigenvalue weighted by Gasteiger charge is -2.28. The largest absolute Gasteiger partial charge is 0.453 e. The number of nitrogens with one attached hydrogen (secondary N) is 4. The Morgan fingerprint density at radius 3 is 1.55 bits per heavy atom. The molecule has 0 radical (unpaired) electrons. The van der Waals surface area contributed by atoms with Crippen molar-refractivity contribution in [1.82, 2.24) is 45.3 Å². The number of rotatable bonds is 16. The molecule has 0 spiro atoms. The Labute approximate surface area is 303 Å². The van der Waals surface area contributed by atoms with Crippen molar-refractivity contribution in [2.75, 3.05) is 54.1 Å². The number of carbonyl (C=O) groups excluding carboxylic acids is 4. The van der Waals surface area contributed by atoms with Crippen molar-refractivity contribution in [2.45, 2.75) is 32.6 Å². The number of hydrogen-bond acceptors (Lipinski definition) is 9. The predicted molar refractivity (Wildman–Crippen MR) is 188 cm³/mol. The highest BCUT2D eigenvalue weighted by Crippen LogP contribution is 2.27. The summed E-state index contributed by atoms with van der Waals surface area (Å²) in [6, 6.07) is 15.5. The molecule has 4 aromatic rings. The second-order valence-electron chi connectivity index (χ2n) is 12.0. The van der Waals surface area contributed by atoms with Crippen LogP contribution in [0.4, 0.5) is 22.8 Å². The fraction of sp³-hybridized carbons (Fsp3) is 0.371. The summed E-state index contributed by atoms with van der Waals surface area (Å²) in [6.07, 6.45) is -1.97. The molecule has 284 valence electrons. The Balaban J connectivity index is 1.39. The number of hydrogen-bond donors (Lipinski definition) is 4. The molecule has 0 atom stereocenters. The van der Waals surface area contributed by atoms with Crippen LogP contribution >= 0.6 is 0 Å². The van der Waals surface area contributed by atoms with E-state index in [1.54, 1.807) is 17.3 Å². The molecule has 4 rings (SSSR count). The van der Waals surface area contributed by atoms with E-state index in [4.69, 9.17) is 0 Å². The highest BCUT2D eigenvalue weighted by molar-refractivity contribution is 5.83. The third-order valence-electron chi connectivity index (χ3n) is 7.86. The van der Waals surface area contributed by atoms with Crippen molar-refractivity contribution in [3.63, 3.8) is 0 Å². The first-order chi connectivity index (χ1) is 25.3. The molecule has 0 saturated heterocycles. The molecule has 18 heteroatoms. The highest BCUT2D eigenvalue weighted by atomic mass is 19.4. The van der Waals surface area contributed by atoms with Crippen molar-refractivity contribution < 1.29 is 41.8 Å². The molecule has 4 amide bonds. The monoisotopic (exact) mass is 741 g/mol. The molecule has 2 aromatic carbocycles. The average Bonchev–Trinajstić information content (AvgIpc) is 3.81. The summed E-state index contributed by atoms with van der Waals surface area (Å²) < 4.78 is 47.9. The van der Waals surface area contributed by atoms with Crippen LogP contribution in [0.5, 0.6) is 0 Å². The van der Waals surface area contributed by atoms with Crippen LogP contribution in [0.1, 0.15) is 25.0 Å². The summed E-state index contributed by atoms with van der Waals surface area (Å²) in [5.41, 5.74) is 5.02. The molecular formula is C35H42F3N9O6. The number of ether oxygens (including phenoxy) is 2. The normalized spacial score (nSPS) is 11.2. The lowest BCUT2D eigenvalue weighted by atomic mass is 10.0. The smallest absolute Gasteiger partial charge is 0.407 e. The van der Waals surface area contributed by atoms with Gasteiger partial charge in [0.25, 0.3) is 0 Å². The first-order valence-electron chi connectivity index (χ1n) is 16.5. The van der Waals surface area contributed by atoms with Crippen LogP contribution < -0.4 is 10.6 Å². The van der Waals surface area contributed by atoms with Crippen molar-refractivity contribution >= 4 is 24.0 Å². The topological polar surface area (TPSA) is 178 Å². The van der Waals surface area contributed by atoms with Crippen LogP contribution in [0.3, 0.4) is 0 Å². The highest BCUT2D eigenvalue weighted by Gasteiger charge is 2.30. The Morgan fingerprint density at radius 2 is 1.13 bits per heavy atom. The maximum absolute atomic E-state index is 13.0. The molecule has 15 nitrogen and oxygen atoms in total. The van der Waals surface area contributed by atoms with Crippen molar-refractivity contribution in [3.8, 4) is 33.6 Å². The molecule has 0 bridgehead atoms. The lowest BCUT2D eigenvalue weighted by molar-refractivity contribution is -0.152. The summed E-state index contributed by atoms with van der Waals surface area (Å²) in [7, 11) is 3.60. The quantitative estimate of drug-likeness (QED) is 0.122. The van der Waals surface area contributed by atoms with E-state index in [0.717, 1.165) is 51.3 Å². The van der Waals surface area contributed by atoms with E-state index in [1.807, 2.05) is 55.5 Å². The summed E-state index contributed by atoms with van der Waals surface area (Å²) in [5, 5.41) is 4.66. The van der Waals surface area contributed by atoms with Gasteiger partial charge >= 0.3 is 18.4 Å². The molecule has 2 aromatic heterocycles. The molecule has 0 unspecified atom stereocenters. The fourth-order valence-corrected chi connectivity index (χ4v) is 5.31. The maximum atomic E-state index is 13.0. The number of halogens is 3. The standard InChI is InChI=1S/C35H42F3N9O6/c1-5-14-46(31(48)17-41-33(50)52-3)19-29-39-15-27(43-29)25-10-6-23(7-11-25)24-8-12-26(13-9-24)28-16-40-30(44-28)20-47(22-45(2)21-35(36,37)38)32(49)18-42-34(51)53-4/h6-13,15-16H,5,14,17-22H2,1-4H3,(H,39,43)(H,40,44)(H,41,50)(H,42,51). The number of nitrogens with zero attached hydrogens (tertiary/aromatic N) is 5. The van der Waals surface area contributed by atoms with E-state index in [-0.39, 0.29) is 32.2 Å². The molecule has 53 heavy (non-hydrogen) atoms. The van der Waals surface area contributed by atoms with Crippen LogP contribution in [0, 0.1) is 0 Å². The summed E-state index contributed by atoms with van der Waals surface area (Å²) in [5.74, 6) is 0.0661. The van der Waals surface area contributed by atoms with Gasteiger partial charge in [-0.1, -0.05) is 55.5 Å². The predicted octanol–water partition coefficient (Wildman–Crippen LogP) is 4.36. The summed E-state index contributed by atoms with van der Waals surface area (Å²) >= 11 is 0.